The summed E-state index contributed by atoms with van der Waals surface area (Å²) < 4.78 is 2.03. The van der Waals surface area contributed by atoms with Gasteiger partial charge in [-0.2, -0.15) is 11.3 Å². The molecule has 0 aliphatic carbocycles. The quantitative estimate of drug-likeness (QED) is 0.403. The van der Waals surface area contributed by atoms with Gasteiger partial charge in [-0.15, -0.1) is 11.8 Å². The molecule has 8 heteroatoms. The molecule has 1 atom stereocenters. The second kappa shape index (κ2) is 9.17. The summed E-state index contributed by atoms with van der Waals surface area (Å²) in [7, 11) is 0. The van der Waals surface area contributed by atoms with Gasteiger partial charge in [-0.25, -0.2) is 0 Å². The highest BCUT2D eigenvalue weighted by Crippen LogP contribution is 2.45. The van der Waals surface area contributed by atoms with Crippen molar-refractivity contribution in [1.82, 2.24) is 14.9 Å². The molecule has 1 amide bonds. The van der Waals surface area contributed by atoms with Gasteiger partial charge in [0, 0.05) is 45.2 Å². The highest BCUT2D eigenvalue weighted by Gasteiger charge is 2.29. The monoisotopic (exact) mass is 493 g/mol. The lowest BCUT2D eigenvalue weighted by Gasteiger charge is -2.20. The maximum absolute atomic E-state index is 13.3. The Labute approximate surface area is 204 Å². The van der Waals surface area contributed by atoms with Crippen LogP contribution < -0.4 is 10.7 Å². The molecular formula is C25H20ClN3O2S2. The minimum Gasteiger partial charge on any atom is -0.346 e. The van der Waals surface area contributed by atoms with E-state index in [0.29, 0.717) is 17.1 Å². The smallest absolute Gasteiger partial charge is 0.257 e. The van der Waals surface area contributed by atoms with E-state index in [1.54, 1.807) is 29.3 Å². The van der Waals surface area contributed by atoms with Gasteiger partial charge in [0.25, 0.3) is 5.91 Å². The summed E-state index contributed by atoms with van der Waals surface area (Å²) in [5.74, 6) is -0.388. The SMILES string of the molecule is Cc1cc(=O)c(C(=O)NCc2ccccn2)c2n1-c1ccc(Cl)cc1SC(c1ccsc1)C2. The Kier molecular flexibility index (Phi) is 6.10. The molecule has 166 valence electrons. The molecule has 5 rings (SSSR count). The normalized spacial score (nSPS) is 14.8. The van der Waals surface area contributed by atoms with Crippen molar-refractivity contribution in [2.45, 2.75) is 30.0 Å². The van der Waals surface area contributed by atoms with Crippen LogP contribution in [0.2, 0.25) is 5.02 Å². The topological polar surface area (TPSA) is 64.0 Å². The molecule has 0 fully saturated rings. The second-order valence-corrected chi connectivity index (χ2v) is 10.3. The zero-order chi connectivity index (χ0) is 22.9. The van der Waals surface area contributed by atoms with Crippen LogP contribution in [0.1, 0.15) is 38.3 Å². The Morgan fingerprint density at radius 3 is 2.88 bits per heavy atom. The van der Waals surface area contributed by atoms with Gasteiger partial charge in [0.1, 0.15) is 5.56 Å². The number of thioether (sulfide) groups is 1. The van der Waals surface area contributed by atoms with Crippen molar-refractivity contribution in [1.29, 1.82) is 0 Å². The lowest BCUT2D eigenvalue weighted by Crippen LogP contribution is -2.32. The van der Waals surface area contributed by atoms with Gasteiger partial charge in [-0.3, -0.25) is 14.6 Å². The van der Waals surface area contributed by atoms with Gasteiger partial charge in [0.2, 0.25) is 0 Å². The first-order chi connectivity index (χ1) is 16.0. The molecule has 1 N–H and O–H groups in total. The van der Waals surface area contributed by atoms with Crippen molar-refractivity contribution in [2.75, 3.05) is 0 Å². The first-order valence-corrected chi connectivity index (χ1v) is 12.6. The van der Waals surface area contributed by atoms with Crippen LogP contribution in [0.25, 0.3) is 5.69 Å². The predicted molar refractivity (Wildman–Crippen MR) is 134 cm³/mol. The van der Waals surface area contributed by atoms with E-state index >= 15 is 0 Å². The molecule has 0 saturated heterocycles. The van der Waals surface area contributed by atoms with E-state index in [0.717, 1.165) is 27.5 Å². The Morgan fingerprint density at radius 2 is 2.12 bits per heavy atom. The summed E-state index contributed by atoms with van der Waals surface area (Å²) >= 11 is 9.68. The van der Waals surface area contributed by atoms with Crippen molar-refractivity contribution in [2.24, 2.45) is 0 Å². The number of benzene rings is 1. The number of hydrogen-bond donors (Lipinski definition) is 1. The third-order valence-electron chi connectivity index (χ3n) is 5.61. The van der Waals surface area contributed by atoms with Gasteiger partial charge in [-0.05, 0) is 59.6 Å². The largest absolute Gasteiger partial charge is 0.346 e. The first kappa shape index (κ1) is 21.9. The summed E-state index contributed by atoms with van der Waals surface area (Å²) in [6.45, 7) is 2.15. The molecule has 0 radical (unpaired) electrons. The Bertz CT molecular complexity index is 1390. The van der Waals surface area contributed by atoms with Crippen LogP contribution in [0.5, 0.6) is 0 Å². The van der Waals surface area contributed by atoms with Crippen molar-refractivity contribution in [3.8, 4) is 5.69 Å². The zero-order valence-electron chi connectivity index (χ0n) is 17.7. The number of thiophene rings is 1. The number of pyridine rings is 2. The van der Waals surface area contributed by atoms with Crippen LogP contribution in [0.15, 0.2) is 75.2 Å². The van der Waals surface area contributed by atoms with Gasteiger partial charge < -0.3 is 9.88 Å². The average Bonchev–Trinajstić information content (AvgIpc) is 3.28. The highest BCUT2D eigenvalue weighted by molar-refractivity contribution is 7.99. The van der Waals surface area contributed by atoms with Crippen molar-refractivity contribution in [3.63, 3.8) is 0 Å². The number of nitrogens with zero attached hydrogens (tertiary/aromatic N) is 2. The van der Waals surface area contributed by atoms with Crippen LogP contribution >= 0.6 is 34.7 Å². The van der Waals surface area contributed by atoms with Crippen molar-refractivity contribution < 1.29 is 4.79 Å². The second-order valence-electron chi connectivity index (χ2n) is 7.79. The van der Waals surface area contributed by atoms with Crippen LogP contribution in [0.4, 0.5) is 0 Å². The van der Waals surface area contributed by atoms with E-state index in [1.165, 1.54) is 6.07 Å². The molecule has 1 aromatic carbocycles. The molecule has 0 bridgehead atoms. The molecule has 0 spiro atoms. The lowest BCUT2D eigenvalue weighted by molar-refractivity contribution is 0.0947. The van der Waals surface area contributed by atoms with E-state index in [9.17, 15) is 9.59 Å². The van der Waals surface area contributed by atoms with Crippen molar-refractivity contribution >= 4 is 40.6 Å². The number of rotatable bonds is 4. The third-order valence-corrected chi connectivity index (χ3v) is 7.85. The number of fused-ring (bicyclic) bond motifs is 3. The van der Waals surface area contributed by atoms with E-state index in [2.05, 4.69) is 21.7 Å². The van der Waals surface area contributed by atoms with Crippen LogP contribution in [-0.2, 0) is 13.0 Å². The number of hydrogen-bond acceptors (Lipinski definition) is 5. The van der Waals surface area contributed by atoms with E-state index < -0.39 is 0 Å². The predicted octanol–water partition coefficient (Wildman–Crippen LogP) is 5.58. The number of carbonyl (C=O) groups is 1. The molecule has 4 heterocycles. The molecule has 5 nitrogen and oxygen atoms in total. The number of aromatic nitrogens is 2. The van der Waals surface area contributed by atoms with Gasteiger partial charge in [0.05, 0.1) is 17.9 Å². The Morgan fingerprint density at radius 1 is 1.24 bits per heavy atom. The minimum absolute atomic E-state index is 0.0470. The Hall–Kier alpha value is -2.87. The summed E-state index contributed by atoms with van der Waals surface area (Å²) in [6, 6.07) is 14.9. The maximum Gasteiger partial charge on any atom is 0.257 e. The summed E-state index contributed by atoms with van der Waals surface area (Å²) in [4.78, 5) is 31.7. The highest BCUT2D eigenvalue weighted by atomic mass is 35.5. The minimum atomic E-state index is -0.388. The number of nitrogens with one attached hydrogen (secondary N) is 1. The molecule has 33 heavy (non-hydrogen) atoms. The summed E-state index contributed by atoms with van der Waals surface area (Å²) in [5.41, 5.74) is 4.22. The van der Waals surface area contributed by atoms with Crippen LogP contribution in [0.3, 0.4) is 0 Å². The van der Waals surface area contributed by atoms with Gasteiger partial charge in [-0.1, -0.05) is 17.7 Å². The standard InChI is InChI=1S/C25H20ClN3O2S2/c1-15-10-21(30)24(25(31)28-13-18-4-2-3-8-27-18)20-12-22(16-7-9-32-14-16)33-23-11-17(26)5-6-19(23)29(15)20/h2-11,14,22H,12-13H2,1H3,(H,28,31). The first-order valence-electron chi connectivity index (χ1n) is 10.4. The number of aryl methyl sites for hydroxylation is 1. The van der Waals surface area contributed by atoms with Gasteiger partial charge in [0.15, 0.2) is 5.43 Å². The Balaban J connectivity index is 1.64. The fourth-order valence-electron chi connectivity index (χ4n) is 4.11. The molecule has 1 aliphatic heterocycles. The number of carbonyl (C=O) groups excluding carboxylic acids is 1. The van der Waals surface area contributed by atoms with Crippen LogP contribution in [-0.4, -0.2) is 15.5 Å². The van der Waals surface area contributed by atoms with Crippen molar-refractivity contribution in [3.05, 3.63) is 109 Å². The molecule has 3 aromatic heterocycles. The molecule has 1 unspecified atom stereocenters. The third kappa shape index (κ3) is 4.36. The molecule has 4 aromatic rings. The summed E-state index contributed by atoms with van der Waals surface area (Å²) in [5, 5.41) is 7.75. The molecular weight excluding hydrogens is 474 g/mol. The van der Waals surface area contributed by atoms with E-state index in [1.807, 2.05) is 53.3 Å². The maximum atomic E-state index is 13.3. The summed E-state index contributed by atoms with van der Waals surface area (Å²) in [6.07, 6.45) is 2.22. The average molecular weight is 494 g/mol. The molecule has 1 aliphatic rings. The zero-order valence-corrected chi connectivity index (χ0v) is 20.1. The fourth-order valence-corrected chi connectivity index (χ4v) is 6.45. The van der Waals surface area contributed by atoms with E-state index in [4.69, 9.17) is 11.6 Å². The fraction of sp³-hybridized carbons (Fsp3) is 0.160. The number of halogens is 1. The molecule has 0 saturated carbocycles. The number of amides is 1. The lowest BCUT2D eigenvalue weighted by atomic mass is 10.0. The van der Waals surface area contributed by atoms with E-state index in [-0.39, 0.29) is 28.7 Å². The van der Waals surface area contributed by atoms with Crippen LogP contribution in [0, 0.1) is 6.92 Å². The van der Waals surface area contributed by atoms with Gasteiger partial charge >= 0.3 is 0 Å².